The van der Waals surface area contributed by atoms with Gasteiger partial charge in [-0.3, -0.25) is 9.69 Å². The van der Waals surface area contributed by atoms with Crippen LogP contribution in [0.25, 0.3) is 11.3 Å². The lowest BCUT2D eigenvalue weighted by Gasteiger charge is -2.33. The van der Waals surface area contributed by atoms with Gasteiger partial charge in [-0.25, -0.2) is 13.4 Å². The molecule has 156 valence electrons. The maximum atomic E-state index is 13.2. The van der Waals surface area contributed by atoms with E-state index in [1.807, 2.05) is 58.8 Å². The van der Waals surface area contributed by atoms with E-state index in [2.05, 4.69) is 10.3 Å². The Morgan fingerprint density at radius 2 is 1.73 bits per heavy atom. The van der Waals surface area contributed by atoms with Gasteiger partial charge in [0.25, 0.3) is 0 Å². The van der Waals surface area contributed by atoms with Gasteiger partial charge in [0.1, 0.15) is 6.04 Å². The van der Waals surface area contributed by atoms with Crippen LogP contribution in [0.1, 0.15) is 11.6 Å². The number of anilines is 1. The van der Waals surface area contributed by atoms with E-state index < -0.39 is 15.9 Å². The number of sulfone groups is 1. The van der Waals surface area contributed by atoms with Crippen molar-refractivity contribution in [1.29, 1.82) is 0 Å². The third-order valence-electron chi connectivity index (χ3n) is 4.99. The van der Waals surface area contributed by atoms with Crippen molar-refractivity contribution >= 4 is 43.8 Å². The number of carbonyl (C=O) groups is 1. The lowest BCUT2D eigenvalue weighted by molar-refractivity contribution is -0.121. The van der Waals surface area contributed by atoms with Gasteiger partial charge in [-0.05, 0) is 11.6 Å². The van der Waals surface area contributed by atoms with Gasteiger partial charge in [0, 0.05) is 29.1 Å². The highest BCUT2D eigenvalue weighted by molar-refractivity contribution is 7.91. The van der Waals surface area contributed by atoms with Crippen molar-refractivity contribution in [2.75, 3.05) is 29.9 Å². The Bertz CT molecular complexity index is 1140. The van der Waals surface area contributed by atoms with E-state index in [9.17, 15) is 13.2 Å². The molecule has 30 heavy (non-hydrogen) atoms. The second-order valence-corrected chi connectivity index (χ2v) is 10.6. The summed E-state index contributed by atoms with van der Waals surface area (Å²) in [7, 11) is -3.04. The Balaban J connectivity index is 1.56. The zero-order valence-corrected chi connectivity index (χ0v) is 18.4. The van der Waals surface area contributed by atoms with Crippen molar-refractivity contribution in [1.82, 2.24) is 9.88 Å². The summed E-state index contributed by atoms with van der Waals surface area (Å²) >= 11 is 7.57. The first kappa shape index (κ1) is 21.0. The number of rotatable bonds is 5. The fourth-order valence-corrected chi connectivity index (χ4v) is 5.62. The summed E-state index contributed by atoms with van der Waals surface area (Å²) in [6, 6.07) is 16.2. The van der Waals surface area contributed by atoms with Gasteiger partial charge in [0.05, 0.1) is 17.2 Å². The van der Waals surface area contributed by atoms with E-state index in [1.54, 1.807) is 6.07 Å². The average molecular weight is 462 g/mol. The van der Waals surface area contributed by atoms with Crippen molar-refractivity contribution in [2.24, 2.45) is 0 Å². The lowest BCUT2D eigenvalue weighted by Crippen LogP contribution is -2.46. The highest BCUT2D eigenvalue weighted by atomic mass is 35.5. The number of halogens is 1. The van der Waals surface area contributed by atoms with E-state index >= 15 is 0 Å². The number of aromatic nitrogens is 1. The molecule has 0 radical (unpaired) electrons. The molecular weight excluding hydrogens is 442 g/mol. The van der Waals surface area contributed by atoms with Crippen LogP contribution in [0.4, 0.5) is 5.13 Å². The van der Waals surface area contributed by atoms with Crippen LogP contribution in [-0.4, -0.2) is 48.8 Å². The zero-order chi connectivity index (χ0) is 21.1. The van der Waals surface area contributed by atoms with Crippen molar-refractivity contribution in [2.45, 2.75) is 6.04 Å². The van der Waals surface area contributed by atoms with Gasteiger partial charge in [0.2, 0.25) is 5.91 Å². The average Bonchev–Trinajstić information content (AvgIpc) is 3.19. The van der Waals surface area contributed by atoms with Crippen LogP contribution in [0.2, 0.25) is 5.02 Å². The second kappa shape index (κ2) is 8.85. The molecule has 0 bridgehead atoms. The first-order chi connectivity index (χ1) is 14.4. The predicted octanol–water partition coefficient (Wildman–Crippen LogP) is 3.87. The quantitative estimate of drug-likeness (QED) is 0.623. The molecule has 1 unspecified atom stereocenters. The minimum atomic E-state index is -3.04. The number of thiazole rings is 1. The van der Waals surface area contributed by atoms with E-state index in [4.69, 9.17) is 11.6 Å². The summed E-state index contributed by atoms with van der Waals surface area (Å²) in [6.07, 6.45) is 0. The minimum absolute atomic E-state index is 0.0531. The highest BCUT2D eigenvalue weighted by Crippen LogP contribution is 2.31. The normalized spacial score (nSPS) is 17.4. The molecule has 1 aliphatic heterocycles. The Hall–Kier alpha value is -2.26. The maximum Gasteiger partial charge on any atom is 0.248 e. The minimum Gasteiger partial charge on any atom is -0.300 e. The fourth-order valence-electron chi connectivity index (χ4n) is 3.45. The van der Waals surface area contributed by atoms with Crippen molar-refractivity contribution in [3.8, 4) is 11.3 Å². The summed E-state index contributed by atoms with van der Waals surface area (Å²) in [5.41, 5.74) is 2.31. The molecule has 1 fully saturated rings. The molecule has 3 aromatic rings. The van der Waals surface area contributed by atoms with Crippen molar-refractivity contribution in [3.63, 3.8) is 0 Å². The summed E-state index contributed by atoms with van der Waals surface area (Å²) < 4.78 is 23.7. The summed E-state index contributed by atoms with van der Waals surface area (Å²) in [5, 5.41) is 5.82. The first-order valence-electron chi connectivity index (χ1n) is 9.44. The molecular formula is C21H20ClN3O3S2. The molecule has 1 atom stereocenters. The van der Waals surface area contributed by atoms with E-state index in [0.717, 1.165) is 11.1 Å². The number of carbonyl (C=O) groups excluding carboxylic acids is 1. The third-order valence-corrected chi connectivity index (χ3v) is 7.69. The molecule has 1 amide bonds. The molecule has 0 saturated carbocycles. The number of benzene rings is 2. The van der Waals surface area contributed by atoms with Crippen molar-refractivity contribution in [3.05, 3.63) is 70.6 Å². The number of amides is 1. The SMILES string of the molecule is O=C(Nc1nc(-c2ccccc2Cl)cs1)C(c1ccccc1)N1CCS(=O)(=O)CC1. The van der Waals surface area contributed by atoms with E-state index in [-0.39, 0.29) is 17.4 Å². The molecule has 1 aliphatic rings. The monoisotopic (exact) mass is 461 g/mol. The van der Waals surface area contributed by atoms with Crippen LogP contribution < -0.4 is 5.32 Å². The topological polar surface area (TPSA) is 79.4 Å². The molecule has 0 spiro atoms. The Labute approximate surface area is 184 Å². The number of nitrogens with zero attached hydrogens (tertiary/aromatic N) is 2. The summed E-state index contributed by atoms with van der Waals surface area (Å²) in [5.74, 6) is -0.129. The molecule has 2 heterocycles. The summed E-state index contributed by atoms with van der Waals surface area (Å²) in [4.78, 5) is 19.6. The first-order valence-corrected chi connectivity index (χ1v) is 12.5. The van der Waals surface area contributed by atoms with Gasteiger partial charge in [-0.2, -0.15) is 0 Å². The highest BCUT2D eigenvalue weighted by Gasteiger charge is 2.32. The Kier molecular flexibility index (Phi) is 6.19. The smallest absolute Gasteiger partial charge is 0.248 e. The lowest BCUT2D eigenvalue weighted by atomic mass is 10.0. The molecule has 6 nitrogen and oxygen atoms in total. The number of nitrogens with one attached hydrogen (secondary N) is 1. The molecule has 1 saturated heterocycles. The molecule has 4 rings (SSSR count). The van der Waals surface area contributed by atoms with Crippen LogP contribution in [0, 0.1) is 0 Å². The number of hydrogen-bond acceptors (Lipinski definition) is 6. The zero-order valence-electron chi connectivity index (χ0n) is 16.0. The molecule has 2 aromatic carbocycles. The van der Waals surface area contributed by atoms with Crippen LogP contribution in [-0.2, 0) is 14.6 Å². The Morgan fingerprint density at radius 1 is 1.07 bits per heavy atom. The fraction of sp³-hybridized carbons (Fsp3) is 0.238. The van der Waals surface area contributed by atoms with Gasteiger partial charge >= 0.3 is 0 Å². The van der Waals surface area contributed by atoms with Crippen LogP contribution >= 0.6 is 22.9 Å². The van der Waals surface area contributed by atoms with Gasteiger partial charge in [0.15, 0.2) is 15.0 Å². The molecule has 9 heteroatoms. The van der Waals surface area contributed by atoms with Crippen LogP contribution in [0.5, 0.6) is 0 Å². The predicted molar refractivity (Wildman–Crippen MR) is 121 cm³/mol. The van der Waals surface area contributed by atoms with Crippen LogP contribution in [0.3, 0.4) is 0 Å². The molecule has 1 N–H and O–H groups in total. The molecule has 0 aliphatic carbocycles. The summed E-state index contributed by atoms with van der Waals surface area (Å²) in [6.45, 7) is 0.635. The second-order valence-electron chi connectivity index (χ2n) is 7.01. The van der Waals surface area contributed by atoms with Gasteiger partial charge < -0.3 is 5.32 Å². The van der Waals surface area contributed by atoms with Gasteiger partial charge in [-0.15, -0.1) is 11.3 Å². The Morgan fingerprint density at radius 3 is 2.43 bits per heavy atom. The number of hydrogen-bond donors (Lipinski definition) is 1. The van der Waals surface area contributed by atoms with Gasteiger partial charge in [-0.1, -0.05) is 60.1 Å². The van der Waals surface area contributed by atoms with Crippen LogP contribution in [0.15, 0.2) is 60.0 Å². The third kappa shape index (κ3) is 4.73. The maximum absolute atomic E-state index is 13.2. The standard InChI is InChI=1S/C21H20ClN3O3S2/c22-17-9-5-4-8-16(17)18-14-29-21(23-18)24-20(26)19(15-6-2-1-3-7-15)25-10-12-30(27,28)13-11-25/h1-9,14,19H,10-13H2,(H,23,24,26). The van der Waals surface area contributed by atoms with E-state index in [0.29, 0.717) is 28.9 Å². The largest absolute Gasteiger partial charge is 0.300 e. The molecule has 1 aromatic heterocycles. The van der Waals surface area contributed by atoms with Crippen molar-refractivity contribution < 1.29 is 13.2 Å². The van der Waals surface area contributed by atoms with E-state index in [1.165, 1.54) is 11.3 Å².